The van der Waals surface area contributed by atoms with Crippen molar-refractivity contribution < 1.29 is 19.2 Å². The lowest BCUT2D eigenvalue weighted by Gasteiger charge is -2.10. The minimum absolute atomic E-state index is 0.0352. The van der Waals surface area contributed by atoms with E-state index in [9.17, 15) is 14.9 Å². The summed E-state index contributed by atoms with van der Waals surface area (Å²) in [6.45, 7) is 4.87. The number of amides is 1. The zero-order valence-corrected chi connectivity index (χ0v) is 14.6. The van der Waals surface area contributed by atoms with Crippen LogP contribution in [0.25, 0.3) is 0 Å². The highest BCUT2D eigenvalue weighted by atomic mass is 16.6. The maximum atomic E-state index is 12.3. The highest BCUT2D eigenvalue weighted by Crippen LogP contribution is 2.19. The average molecular weight is 360 g/mol. The van der Waals surface area contributed by atoms with E-state index >= 15 is 0 Å². The number of hydrogen-bond donors (Lipinski definition) is 1. The van der Waals surface area contributed by atoms with E-state index in [-0.39, 0.29) is 17.2 Å². The SMILES string of the molecule is CCCOc1cc(OCCC)nc(NC(=O)c2ccc([N+](=O)[O-])cc2)n1. The molecule has 1 aromatic carbocycles. The molecule has 9 nitrogen and oxygen atoms in total. The largest absolute Gasteiger partial charge is 0.477 e. The summed E-state index contributed by atoms with van der Waals surface area (Å²) in [6.07, 6.45) is 1.61. The topological polar surface area (TPSA) is 116 Å². The van der Waals surface area contributed by atoms with Crippen LogP contribution in [0, 0.1) is 10.1 Å². The van der Waals surface area contributed by atoms with Gasteiger partial charge in [-0.3, -0.25) is 20.2 Å². The summed E-state index contributed by atoms with van der Waals surface area (Å²) < 4.78 is 11.0. The Morgan fingerprint density at radius 1 is 1.08 bits per heavy atom. The van der Waals surface area contributed by atoms with Crippen molar-refractivity contribution in [3.8, 4) is 11.8 Å². The van der Waals surface area contributed by atoms with Crippen molar-refractivity contribution in [1.29, 1.82) is 0 Å². The van der Waals surface area contributed by atoms with Gasteiger partial charge in [0.25, 0.3) is 11.6 Å². The van der Waals surface area contributed by atoms with Gasteiger partial charge in [-0.1, -0.05) is 13.8 Å². The second-order valence-corrected chi connectivity index (χ2v) is 5.32. The number of ether oxygens (including phenoxy) is 2. The molecule has 0 aliphatic carbocycles. The van der Waals surface area contributed by atoms with Gasteiger partial charge in [-0.15, -0.1) is 0 Å². The smallest absolute Gasteiger partial charge is 0.269 e. The number of aromatic nitrogens is 2. The van der Waals surface area contributed by atoms with Crippen molar-refractivity contribution in [3.63, 3.8) is 0 Å². The number of carbonyl (C=O) groups is 1. The predicted molar refractivity (Wildman–Crippen MR) is 94.7 cm³/mol. The summed E-state index contributed by atoms with van der Waals surface area (Å²) in [6, 6.07) is 6.80. The van der Waals surface area contributed by atoms with Crippen LogP contribution in [0.2, 0.25) is 0 Å². The zero-order valence-electron chi connectivity index (χ0n) is 14.6. The molecule has 26 heavy (non-hydrogen) atoms. The lowest BCUT2D eigenvalue weighted by molar-refractivity contribution is -0.384. The number of nitrogens with zero attached hydrogens (tertiary/aromatic N) is 3. The molecule has 0 saturated heterocycles. The molecule has 1 amide bonds. The van der Waals surface area contributed by atoms with E-state index in [1.165, 1.54) is 24.3 Å². The lowest BCUT2D eigenvalue weighted by Crippen LogP contribution is -2.15. The molecule has 0 unspecified atom stereocenters. The summed E-state index contributed by atoms with van der Waals surface area (Å²) in [5.41, 5.74) is 0.151. The number of nitro benzene ring substituents is 1. The monoisotopic (exact) mass is 360 g/mol. The third kappa shape index (κ3) is 5.40. The molecule has 1 N–H and O–H groups in total. The normalized spacial score (nSPS) is 10.2. The van der Waals surface area contributed by atoms with Crippen molar-refractivity contribution >= 4 is 17.5 Å². The quantitative estimate of drug-likeness (QED) is 0.539. The fraction of sp³-hybridized carbons (Fsp3) is 0.353. The van der Waals surface area contributed by atoms with E-state index in [0.717, 1.165) is 12.8 Å². The summed E-state index contributed by atoms with van der Waals surface area (Å²) in [5.74, 6) is 0.140. The molecule has 2 rings (SSSR count). The summed E-state index contributed by atoms with van der Waals surface area (Å²) in [4.78, 5) is 30.7. The van der Waals surface area contributed by atoms with Gasteiger partial charge >= 0.3 is 0 Å². The van der Waals surface area contributed by atoms with Crippen LogP contribution in [-0.2, 0) is 0 Å². The van der Waals surface area contributed by atoms with E-state index in [0.29, 0.717) is 25.0 Å². The zero-order chi connectivity index (χ0) is 18.9. The van der Waals surface area contributed by atoms with Crippen molar-refractivity contribution in [3.05, 3.63) is 46.0 Å². The van der Waals surface area contributed by atoms with Gasteiger partial charge in [0.05, 0.1) is 24.2 Å². The van der Waals surface area contributed by atoms with E-state index in [4.69, 9.17) is 9.47 Å². The second kappa shape index (κ2) is 9.30. The molecule has 1 aromatic heterocycles. The van der Waals surface area contributed by atoms with Crippen LogP contribution >= 0.6 is 0 Å². The molecule has 0 saturated carbocycles. The van der Waals surface area contributed by atoms with Gasteiger partial charge in [0.15, 0.2) is 0 Å². The number of hydrogen-bond acceptors (Lipinski definition) is 7. The first kappa shape index (κ1) is 19.1. The van der Waals surface area contributed by atoms with Crippen molar-refractivity contribution in [2.24, 2.45) is 0 Å². The summed E-state index contributed by atoms with van der Waals surface area (Å²) >= 11 is 0. The third-order valence-corrected chi connectivity index (χ3v) is 3.15. The van der Waals surface area contributed by atoms with Gasteiger partial charge in [-0.05, 0) is 25.0 Å². The molecule has 2 aromatic rings. The number of non-ortho nitro benzene ring substituents is 1. The Kier molecular flexibility index (Phi) is 6.84. The molecular formula is C17H20N4O5. The van der Waals surface area contributed by atoms with Crippen LogP contribution in [0.4, 0.5) is 11.6 Å². The molecule has 0 aliphatic rings. The van der Waals surface area contributed by atoms with Crippen LogP contribution in [0.3, 0.4) is 0 Å². The highest BCUT2D eigenvalue weighted by Gasteiger charge is 2.13. The van der Waals surface area contributed by atoms with Gasteiger partial charge in [-0.2, -0.15) is 9.97 Å². The van der Waals surface area contributed by atoms with Gasteiger partial charge < -0.3 is 9.47 Å². The Bertz CT molecular complexity index is 738. The number of rotatable bonds is 9. The van der Waals surface area contributed by atoms with Crippen molar-refractivity contribution in [2.45, 2.75) is 26.7 Å². The number of anilines is 1. The fourth-order valence-corrected chi connectivity index (χ4v) is 1.93. The van der Waals surface area contributed by atoms with Crippen LogP contribution in [0.5, 0.6) is 11.8 Å². The van der Waals surface area contributed by atoms with Crippen LogP contribution in [-0.4, -0.2) is 34.0 Å². The lowest BCUT2D eigenvalue weighted by atomic mass is 10.2. The number of nitrogens with one attached hydrogen (secondary N) is 1. The molecule has 0 spiro atoms. The minimum Gasteiger partial charge on any atom is -0.477 e. The third-order valence-electron chi connectivity index (χ3n) is 3.15. The minimum atomic E-state index is -0.531. The van der Waals surface area contributed by atoms with E-state index in [1.807, 2.05) is 13.8 Å². The fourth-order valence-electron chi connectivity index (χ4n) is 1.93. The molecule has 0 fully saturated rings. The Labute approximate surface area is 150 Å². The van der Waals surface area contributed by atoms with Crippen LogP contribution in [0.15, 0.2) is 30.3 Å². The van der Waals surface area contributed by atoms with E-state index in [1.54, 1.807) is 6.07 Å². The van der Waals surface area contributed by atoms with Gasteiger partial charge in [0.1, 0.15) is 0 Å². The van der Waals surface area contributed by atoms with Gasteiger partial charge in [0.2, 0.25) is 17.7 Å². The average Bonchev–Trinajstić information content (AvgIpc) is 2.64. The van der Waals surface area contributed by atoms with Gasteiger partial charge in [-0.25, -0.2) is 0 Å². The highest BCUT2D eigenvalue weighted by molar-refractivity contribution is 6.03. The Morgan fingerprint density at radius 2 is 1.62 bits per heavy atom. The first-order valence-electron chi connectivity index (χ1n) is 8.24. The molecule has 9 heteroatoms. The van der Waals surface area contributed by atoms with E-state index in [2.05, 4.69) is 15.3 Å². The molecule has 0 bridgehead atoms. The standard InChI is InChI=1S/C17H20N4O5/c1-3-9-25-14-11-15(26-10-4-2)19-17(18-14)20-16(22)12-5-7-13(8-6-12)21(23)24/h5-8,11H,3-4,9-10H2,1-2H3,(H,18,19,20,22). The first-order chi connectivity index (χ1) is 12.5. The Morgan fingerprint density at radius 3 is 2.08 bits per heavy atom. The predicted octanol–water partition coefficient (Wildman–Crippen LogP) is 3.21. The van der Waals surface area contributed by atoms with Crippen LogP contribution in [0.1, 0.15) is 37.0 Å². The maximum Gasteiger partial charge on any atom is 0.269 e. The van der Waals surface area contributed by atoms with Crippen molar-refractivity contribution in [1.82, 2.24) is 9.97 Å². The number of nitro groups is 1. The van der Waals surface area contributed by atoms with Gasteiger partial charge in [0, 0.05) is 17.7 Å². The molecule has 1 heterocycles. The van der Waals surface area contributed by atoms with E-state index < -0.39 is 10.8 Å². The van der Waals surface area contributed by atoms with Crippen molar-refractivity contribution in [2.75, 3.05) is 18.5 Å². The maximum absolute atomic E-state index is 12.3. The molecule has 0 aliphatic heterocycles. The Balaban J connectivity index is 2.17. The molecule has 138 valence electrons. The summed E-state index contributed by atoms with van der Waals surface area (Å²) in [7, 11) is 0. The second-order valence-electron chi connectivity index (χ2n) is 5.32. The Hall–Kier alpha value is -3.23. The molecule has 0 atom stereocenters. The molecular weight excluding hydrogens is 340 g/mol. The molecule has 0 radical (unpaired) electrons. The first-order valence-corrected chi connectivity index (χ1v) is 8.24. The summed E-state index contributed by atoms with van der Waals surface area (Å²) in [5, 5.41) is 13.2. The number of carbonyl (C=O) groups excluding carboxylic acids is 1. The van der Waals surface area contributed by atoms with Crippen LogP contribution < -0.4 is 14.8 Å². The number of benzene rings is 1.